The number of nitriles is 1. The van der Waals surface area contributed by atoms with E-state index in [0.29, 0.717) is 34.0 Å². The predicted molar refractivity (Wildman–Crippen MR) is 140 cm³/mol. The Hall–Kier alpha value is -4.69. The molecule has 3 heterocycles. The van der Waals surface area contributed by atoms with Crippen molar-refractivity contribution in [3.63, 3.8) is 0 Å². The van der Waals surface area contributed by atoms with E-state index in [1.54, 1.807) is 55.8 Å². The molecule has 192 valence electrons. The van der Waals surface area contributed by atoms with Crippen LogP contribution in [0.5, 0.6) is 11.5 Å². The number of ether oxygens (including phenoxy) is 1. The summed E-state index contributed by atoms with van der Waals surface area (Å²) in [5.41, 5.74) is 3.48. The van der Waals surface area contributed by atoms with Crippen LogP contribution in [-0.2, 0) is 16.9 Å². The number of aryl methyl sites for hydroxylation is 3. The number of fused-ring (bicyclic) bond motifs is 1. The van der Waals surface area contributed by atoms with E-state index in [9.17, 15) is 18.5 Å². The molecule has 38 heavy (non-hydrogen) atoms. The van der Waals surface area contributed by atoms with Crippen molar-refractivity contribution in [2.45, 2.75) is 25.7 Å². The highest BCUT2D eigenvalue weighted by Gasteiger charge is 2.21. The highest BCUT2D eigenvalue weighted by molar-refractivity contribution is 7.91. The van der Waals surface area contributed by atoms with Gasteiger partial charge in [-0.2, -0.15) is 5.26 Å². The van der Waals surface area contributed by atoms with Crippen LogP contribution in [0.3, 0.4) is 0 Å². The van der Waals surface area contributed by atoms with Gasteiger partial charge in [0.15, 0.2) is 9.84 Å². The minimum atomic E-state index is -3.55. The summed E-state index contributed by atoms with van der Waals surface area (Å²) in [5, 5.41) is 13.8. The van der Waals surface area contributed by atoms with E-state index in [1.807, 2.05) is 6.92 Å². The van der Waals surface area contributed by atoms with Crippen LogP contribution in [0.25, 0.3) is 27.9 Å². The minimum Gasteiger partial charge on any atom is -0.455 e. The molecule has 0 saturated carbocycles. The van der Waals surface area contributed by atoms with Gasteiger partial charge >= 0.3 is 0 Å². The zero-order valence-electron chi connectivity index (χ0n) is 21.1. The molecular formula is C27H23N5O5S. The van der Waals surface area contributed by atoms with E-state index < -0.39 is 9.84 Å². The molecular weight excluding hydrogens is 506 g/mol. The second-order valence-corrected chi connectivity index (χ2v) is 11.0. The molecule has 0 spiro atoms. The largest absolute Gasteiger partial charge is 0.455 e. The van der Waals surface area contributed by atoms with Gasteiger partial charge in [-0.05, 0) is 49.7 Å². The molecule has 0 N–H and O–H groups in total. The molecule has 10 nitrogen and oxygen atoms in total. The molecule has 0 aliphatic rings. The quantitative estimate of drug-likeness (QED) is 0.316. The molecule has 3 aromatic heterocycles. The summed E-state index contributed by atoms with van der Waals surface area (Å²) >= 11 is 0. The maximum atomic E-state index is 12.8. The van der Waals surface area contributed by atoms with Crippen LogP contribution in [0.15, 0.2) is 69.3 Å². The Kier molecular flexibility index (Phi) is 6.12. The summed E-state index contributed by atoms with van der Waals surface area (Å²) in [5.74, 6) is 1.10. The zero-order valence-corrected chi connectivity index (χ0v) is 21.9. The van der Waals surface area contributed by atoms with Crippen LogP contribution >= 0.6 is 0 Å². The third-order valence-electron chi connectivity index (χ3n) is 6.36. The number of hydrogen-bond acceptors (Lipinski definition) is 8. The zero-order chi connectivity index (χ0) is 27.2. The van der Waals surface area contributed by atoms with Crippen LogP contribution < -0.4 is 10.3 Å². The predicted octanol–water partition coefficient (Wildman–Crippen LogP) is 4.43. The average molecular weight is 530 g/mol. The van der Waals surface area contributed by atoms with Gasteiger partial charge in [-0.1, -0.05) is 18.1 Å². The molecule has 0 aliphatic carbocycles. The Bertz CT molecular complexity index is 1910. The highest BCUT2D eigenvalue weighted by Crippen LogP contribution is 2.38. The molecule has 0 atom stereocenters. The molecule has 0 unspecified atom stereocenters. The summed E-state index contributed by atoms with van der Waals surface area (Å²) in [6.07, 6.45) is 4.52. The van der Waals surface area contributed by atoms with Gasteiger partial charge in [-0.3, -0.25) is 9.20 Å². The maximum absolute atomic E-state index is 12.8. The van der Waals surface area contributed by atoms with E-state index in [-0.39, 0.29) is 27.5 Å². The van der Waals surface area contributed by atoms with Gasteiger partial charge in [0.1, 0.15) is 28.8 Å². The molecule has 2 aromatic carbocycles. The lowest BCUT2D eigenvalue weighted by Crippen LogP contribution is -2.19. The Balaban J connectivity index is 1.74. The van der Waals surface area contributed by atoms with Crippen LogP contribution in [0, 0.1) is 25.2 Å². The van der Waals surface area contributed by atoms with Crippen molar-refractivity contribution in [1.29, 1.82) is 5.26 Å². The maximum Gasteiger partial charge on any atom is 0.276 e. The number of hydrogen-bond donors (Lipinski definition) is 0. The van der Waals surface area contributed by atoms with E-state index in [4.69, 9.17) is 9.26 Å². The highest BCUT2D eigenvalue weighted by atomic mass is 32.2. The van der Waals surface area contributed by atoms with Crippen molar-refractivity contribution in [2.24, 2.45) is 7.05 Å². The van der Waals surface area contributed by atoms with Gasteiger partial charge in [-0.15, -0.1) is 0 Å². The molecule has 5 aromatic rings. The lowest BCUT2D eigenvalue weighted by Gasteiger charge is -2.16. The van der Waals surface area contributed by atoms with Crippen molar-refractivity contribution in [1.82, 2.24) is 19.1 Å². The normalized spacial score (nSPS) is 11.6. The summed E-state index contributed by atoms with van der Waals surface area (Å²) in [4.78, 5) is 16.8. The van der Waals surface area contributed by atoms with Crippen molar-refractivity contribution < 1.29 is 17.7 Å². The third-order valence-corrected chi connectivity index (χ3v) is 8.10. The van der Waals surface area contributed by atoms with Crippen LogP contribution in [0.1, 0.15) is 23.9 Å². The third kappa shape index (κ3) is 4.14. The Morgan fingerprint density at radius 1 is 1.13 bits per heavy atom. The van der Waals surface area contributed by atoms with Crippen molar-refractivity contribution in [2.75, 3.05) is 5.75 Å². The van der Waals surface area contributed by atoms with E-state index in [0.717, 1.165) is 11.1 Å². The lowest BCUT2D eigenvalue weighted by molar-refractivity contribution is 0.393. The van der Waals surface area contributed by atoms with Gasteiger partial charge in [-0.25, -0.2) is 13.4 Å². The first-order valence-corrected chi connectivity index (χ1v) is 13.3. The summed E-state index contributed by atoms with van der Waals surface area (Å²) in [6, 6.07) is 11.8. The van der Waals surface area contributed by atoms with E-state index in [2.05, 4.69) is 16.2 Å². The van der Waals surface area contributed by atoms with Gasteiger partial charge in [0.2, 0.25) is 0 Å². The first-order chi connectivity index (χ1) is 18.1. The topological polar surface area (TPSA) is 132 Å². The SMILES string of the molecule is CCS(=O)(=O)c1ccc(Oc2cc(-c3c(C)noc3C)ccc2C#N)c(-c2cn(C)c(=O)c3cncn23)c1. The standard InChI is InChI=1S/C27H23N5O5S/c1-5-38(34,35)20-8-9-24(21(11-20)23-14-31(4)27(33)22-13-29-15-32(22)23)36-25-10-18(6-7-19(25)12-28)26-16(2)30-37-17(26)3/h6-11,13-15H,5H2,1-4H3. The molecule has 11 heteroatoms. The number of nitrogens with zero attached hydrogens (tertiary/aromatic N) is 5. The minimum absolute atomic E-state index is 0.0849. The number of imidazole rings is 1. The van der Waals surface area contributed by atoms with Gasteiger partial charge < -0.3 is 13.8 Å². The van der Waals surface area contributed by atoms with E-state index in [1.165, 1.54) is 29.2 Å². The second kappa shape index (κ2) is 9.32. The second-order valence-electron chi connectivity index (χ2n) is 8.76. The van der Waals surface area contributed by atoms with Crippen molar-refractivity contribution in [3.8, 4) is 40.0 Å². The van der Waals surface area contributed by atoms with Crippen molar-refractivity contribution >= 4 is 15.4 Å². The fourth-order valence-electron chi connectivity index (χ4n) is 4.36. The summed E-state index contributed by atoms with van der Waals surface area (Å²) in [6.45, 7) is 5.19. The van der Waals surface area contributed by atoms with E-state index >= 15 is 0 Å². The molecule has 5 rings (SSSR count). The van der Waals surface area contributed by atoms with Gasteiger partial charge in [0.05, 0.1) is 40.1 Å². The summed E-state index contributed by atoms with van der Waals surface area (Å²) < 4.78 is 40.1. The fourth-order valence-corrected chi connectivity index (χ4v) is 5.26. The molecule has 0 amide bonds. The number of benzene rings is 2. The smallest absolute Gasteiger partial charge is 0.276 e. The molecule has 0 bridgehead atoms. The lowest BCUT2D eigenvalue weighted by atomic mass is 10.0. The Morgan fingerprint density at radius 2 is 1.92 bits per heavy atom. The Morgan fingerprint density at radius 3 is 2.61 bits per heavy atom. The Labute approximate surface area is 218 Å². The molecule has 0 fully saturated rings. The van der Waals surface area contributed by atoms with Crippen LogP contribution in [0.4, 0.5) is 0 Å². The van der Waals surface area contributed by atoms with Gasteiger partial charge in [0.25, 0.3) is 5.56 Å². The molecule has 0 radical (unpaired) electrons. The average Bonchev–Trinajstić information content (AvgIpc) is 3.53. The molecule has 0 saturated heterocycles. The van der Waals surface area contributed by atoms with Gasteiger partial charge in [0, 0.05) is 24.4 Å². The number of aromatic nitrogens is 4. The number of sulfone groups is 1. The molecule has 0 aliphatic heterocycles. The van der Waals surface area contributed by atoms with Crippen molar-refractivity contribution in [3.05, 3.63) is 82.5 Å². The van der Waals surface area contributed by atoms with Crippen LogP contribution in [-0.4, -0.2) is 33.3 Å². The van der Waals surface area contributed by atoms with Crippen LogP contribution in [0.2, 0.25) is 0 Å². The first-order valence-electron chi connectivity index (χ1n) is 11.7. The number of rotatable bonds is 6. The fraction of sp³-hybridized carbons (Fsp3) is 0.185. The monoisotopic (exact) mass is 529 g/mol. The summed E-state index contributed by atoms with van der Waals surface area (Å²) in [7, 11) is -1.95. The first kappa shape index (κ1) is 25.0.